The van der Waals surface area contributed by atoms with Crippen LogP contribution < -0.4 is 16.1 Å². The number of hydrogen-bond donors (Lipinski definition) is 4. The molecule has 3 aromatic carbocycles. The molecule has 0 fully saturated rings. The van der Waals surface area contributed by atoms with Gasteiger partial charge in [0.05, 0.1) is 6.21 Å². The monoisotopic (exact) mass is 537 g/mol. The van der Waals surface area contributed by atoms with Crippen LogP contribution in [0, 0.1) is 10.5 Å². The number of nitrogens with zero attached hydrogens (tertiary/aromatic N) is 4. The van der Waals surface area contributed by atoms with Gasteiger partial charge in [-0.15, -0.1) is 0 Å². The van der Waals surface area contributed by atoms with Crippen LogP contribution in [0.1, 0.15) is 11.1 Å². The third-order valence-electron chi connectivity index (χ3n) is 4.36. The van der Waals surface area contributed by atoms with Gasteiger partial charge in [0, 0.05) is 20.5 Å². The van der Waals surface area contributed by atoms with E-state index < -0.39 is 0 Å². The molecule has 0 amide bonds. The Morgan fingerprint density at radius 3 is 1.91 bits per heavy atom. The van der Waals surface area contributed by atoms with Crippen molar-refractivity contribution in [3.63, 3.8) is 0 Å². The molecule has 8 nitrogen and oxygen atoms in total. The highest BCUT2D eigenvalue weighted by Gasteiger charge is 2.08. The number of phenolic OH excluding ortho intramolecular Hbond substituents is 1. The average molecular weight is 537 g/mol. The van der Waals surface area contributed by atoms with Crippen molar-refractivity contribution in [2.24, 2.45) is 5.10 Å². The first-order chi connectivity index (χ1) is 15.6. The number of anilines is 5. The van der Waals surface area contributed by atoms with Crippen molar-refractivity contribution in [1.29, 1.82) is 0 Å². The minimum Gasteiger partial charge on any atom is -0.507 e. The van der Waals surface area contributed by atoms with Gasteiger partial charge in [-0.25, -0.2) is 5.43 Å². The number of halogens is 1. The van der Waals surface area contributed by atoms with Gasteiger partial charge in [0.1, 0.15) is 5.75 Å². The molecule has 4 N–H and O–H groups in total. The van der Waals surface area contributed by atoms with Gasteiger partial charge >= 0.3 is 0 Å². The first kappa shape index (κ1) is 21.5. The maximum absolute atomic E-state index is 10.3. The first-order valence-corrected chi connectivity index (χ1v) is 10.8. The Morgan fingerprint density at radius 2 is 1.34 bits per heavy atom. The predicted molar refractivity (Wildman–Crippen MR) is 136 cm³/mol. The van der Waals surface area contributed by atoms with Crippen LogP contribution >= 0.6 is 22.6 Å². The molecule has 0 bridgehead atoms. The average Bonchev–Trinajstić information content (AvgIpc) is 2.78. The predicted octanol–water partition coefficient (Wildman–Crippen LogP) is 5.42. The highest BCUT2D eigenvalue weighted by atomic mass is 127. The molecule has 32 heavy (non-hydrogen) atoms. The van der Waals surface area contributed by atoms with Gasteiger partial charge in [0.25, 0.3) is 0 Å². The van der Waals surface area contributed by atoms with E-state index in [0.717, 1.165) is 20.5 Å². The number of hydrogen-bond acceptors (Lipinski definition) is 8. The molecule has 0 atom stereocenters. The Bertz CT molecular complexity index is 1170. The van der Waals surface area contributed by atoms with E-state index in [1.165, 1.54) is 6.21 Å². The summed E-state index contributed by atoms with van der Waals surface area (Å²) >= 11 is 2.20. The number of rotatable bonds is 7. The number of para-hydroxylation sites is 2. The lowest BCUT2D eigenvalue weighted by molar-refractivity contribution is 0.470. The summed E-state index contributed by atoms with van der Waals surface area (Å²) < 4.78 is 1.00. The smallest absolute Gasteiger partial charge is 0.250 e. The lowest BCUT2D eigenvalue weighted by Crippen LogP contribution is -2.07. The van der Waals surface area contributed by atoms with E-state index in [4.69, 9.17) is 0 Å². The zero-order valence-corrected chi connectivity index (χ0v) is 19.3. The molecule has 9 heteroatoms. The van der Waals surface area contributed by atoms with Crippen molar-refractivity contribution < 1.29 is 5.11 Å². The normalized spacial score (nSPS) is 10.8. The number of hydrazone groups is 1. The maximum Gasteiger partial charge on any atom is 0.250 e. The maximum atomic E-state index is 10.3. The van der Waals surface area contributed by atoms with E-state index in [9.17, 15) is 5.11 Å². The second-order valence-electron chi connectivity index (χ2n) is 6.82. The third-order valence-corrected chi connectivity index (χ3v) is 4.98. The van der Waals surface area contributed by atoms with Gasteiger partial charge in [0.15, 0.2) is 0 Å². The van der Waals surface area contributed by atoms with E-state index in [1.807, 2.05) is 79.7 Å². The molecule has 0 saturated heterocycles. The van der Waals surface area contributed by atoms with Crippen LogP contribution in [0.3, 0.4) is 0 Å². The largest absolute Gasteiger partial charge is 0.507 e. The molecular weight excluding hydrogens is 517 g/mol. The van der Waals surface area contributed by atoms with Crippen molar-refractivity contribution >= 4 is 58.0 Å². The molecule has 0 aliphatic rings. The van der Waals surface area contributed by atoms with E-state index in [0.29, 0.717) is 17.5 Å². The topological polar surface area (TPSA) is 107 Å². The van der Waals surface area contributed by atoms with Crippen LogP contribution in [-0.2, 0) is 0 Å². The molecule has 4 rings (SSSR count). The Kier molecular flexibility index (Phi) is 6.75. The minimum atomic E-state index is 0.185. The van der Waals surface area contributed by atoms with Crippen LogP contribution in [-0.4, -0.2) is 26.3 Å². The molecule has 0 aliphatic carbocycles. The van der Waals surface area contributed by atoms with Crippen molar-refractivity contribution in [2.75, 3.05) is 16.1 Å². The van der Waals surface area contributed by atoms with Crippen LogP contribution in [0.5, 0.6) is 5.75 Å². The minimum absolute atomic E-state index is 0.185. The molecule has 0 unspecified atom stereocenters. The van der Waals surface area contributed by atoms with Gasteiger partial charge in [-0.05, 0) is 71.5 Å². The number of aromatic hydroxyl groups is 1. The lowest BCUT2D eigenvalue weighted by atomic mass is 10.1. The highest BCUT2D eigenvalue weighted by molar-refractivity contribution is 14.1. The second kappa shape index (κ2) is 10.1. The molecule has 1 heterocycles. The Balaban J connectivity index is 1.59. The van der Waals surface area contributed by atoms with Gasteiger partial charge in [0.2, 0.25) is 17.8 Å². The van der Waals surface area contributed by atoms with Crippen molar-refractivity contribution in [3.8, 4) is 5.75 Å². The highest BCUT2D eigenvalue weighted by Crippen LogP contribution is 2.23. The zero-order valence-electron chi connectivity index (χ0n) is 17.1. The summed E-state index contributed by atoms with van der Waals surface area (Å²) in [5, 5.41) is 20.8. The molecule has 160 valence electrons. The van der Waals surface area contributed by atoms with Gasteiger partial charge in [-0.2, -0.15) is 20.1 Å². The number of aromatic nitrogens is 3. The fourth-order valence-corrected chi connectivity index (χ4v) is 3.66. The van der Waals surface area contributed by atoms with Crippen LogP contribution in [0.2, 0.25) is 0 Å². The summed E-state index contributed by atoms with van der Waals surface area (Å²) in [5.41, 5.74) is 5.89. The first-order valence-electron chi connectivity index (χ1n) is 9.75. The van der Waals surface area contributed by atoms with Crippen molar-refractivity contribution in [3.05, 3.63) is 87.5 Å². The number of aryl methyl sites for hydroxylation is 1. The fourth-order valence-electron chi connectivity index (χ4n) is 2.86. The summed E-state index contributed by atoms with van der Waals surface area (Å²) in [5.74, 6) is 1.14. The van der Waals surface area contributed by atoms with Crippen LogP contribution in [0.25, 0.3) is 0 Å². The van der Waals surface area contributed by atoms with E-state index in [1.54, 1.807) is 0 Å². The summed E-state index contributed by atoms with van der Waals surface area (Å²) in [7, 11) is 0. The zero-order chi connectivity index (χ0) is 22.3. The van der Waals surface area contributed by atoms with E-state index >= 15 is 0 Å². The summed E-state index contributed by atoms with van der Waals surface area (Å²) in [6.07, 6.45) is 1.53. The second-order valence-corrected chi connectivity index (χ2v) is 8.06. The van der Waals surface area contributed by atoms with Crippen molar-refractivity contribution in [1.82, 2.24) is 15.0 Å². The SMILES string of the molecule is Cc1cc(I)cc(/C=N/Nc2nc(Nc3ccccc3)nc(Nc3ccccc3)n2)c1O. The summed E-state index contributed by atoms with van der Waals surface area (Å²) in [4.78, 5) is 13.2. The molecular formula is C23H20IN7O. The number of benzene rings is 3. The van der Waals surface area contributed by atoms with Crippen molar-refractivity contribution in [2.45, 2.75) is 6.92 Å². The molecule has 0 aliphatic heterocycles. The van der Waals surface area contributed by atoms with Crippen LogP contribution in [0.15, 0.2) is 77.9 Å². The van der Waals surface area contributed by atoms with Gasteiger partial charge < -0.3 is 15.7 Å². The number of phenols is 1. The molecule has 0 radical (unpaired) electrons. The Labute approximate surface area is 199 Å². The molecule has 1 aromatic heterocycles. The molecule has 4 aromatic rings. The van der Waals surface area contributed by atoms with Gasteiger partial charge in [-0.1, -0.05) is 36.4 Å². The Morgan fingerprint density at radius 1 is 0.812 bits per heavy atom. The van der Waals surface area contributed by atoms with E-state index in [2.05, 4.69) is 58.7 Å². The molecule has 0 spiro atoms. The third kappa shape index (κ3) is 5.70. The summed E-state index contributed by atoms with van der Waals surface area (Å²) in [6, 6.07) is 23.0. The van der Waals surface area contributed by atoms with E-state index in [-0.39, 0.29) is 11.7 Å². The standard InChI is InChI=1S/C23H20IN7O/c1-15-12-17(24)13-16(20(15)32)14-25-31-23-29-21(26-18-8-4-2-5-9-18)28-22(30-23)27-19-10-6-3-7-11-19/h2-14,32H,1H3,(H3,26,27,28,29,30,31)/b25-14+. The number of nitrogens with one attached hydrogen (secondary N) is 3. The molecule has 0 saturated carbocycles. The fraction of sp³-hybridized carbons (Fsp3) is 0.0435. The lowest BCUT2D eigenvalue weighted by Gasteiger charge is -2.10. The summed E-state index contributed by atoms with van der Waals surface area (Å²) in [6.45, 7) is 1.84. The van der Waals surface area contributed by atoms with Gasteiger partial charge in [-0.3, -0.25) is 0 Å². The van der Waals surface area contributed by atoms with Crippen LogP contribution in [0.4, 0.5) is 29.2 Å². The quantitative estimate of drug-likeness (QED) is 0.142. The Hall–Kier alpha value is -3.73.